The summed E-state index contributed by atoms with van der Waals surface area (Å²) in [6.45, 7) is 3.63. The van der Waals surface area contributed by atoms with Crippen molar-refractivity contribution in [3.63, 3.8) is 0 Å². The van der Waals surface area contributed by atoms with E-state index < -0.39 is 11.6 Å². The summed E-state index contributed by atoms with van der Waals surface area (Å²) in [4.78, 5) is 9.90. The topological polar surface area (TPSA) is 58.4 Å². The van der Waals surface area contributed by atoms with Gasteiger partial charge in [-0.15, -0.1) is 5.10 Å². The van der Waals surface area contributed by atoms with Crippen LogP contribution < -0.4 is 5.32 Å². The Labute approximate surface area is 143 Å². The van der Waals surface area contributed by atoms with Crippen molar-refractivity contribution < 1.29 is 8.78 Å². The maximum absolute atomic E-state index is 13.7. The summed E-state index contributed by atoms with van der Waals surface area (Å²) in [6.07, 6.45) is 4.86. The molecule has 6 nitrogen and oxygen atoms in total. The van der Waals surface area contributed by atoms with E-state index in [0.717, 1.165) is 42.5 Å². The number of nitrogens with one attached hydrogen (secondary N) is 1. The van der Waals surface area contributed by atoms with Crippen molar-refractivity contribution in [3.8, 4) is 0 Å². The molecule has 4 heterocycles. The van der Waals surface area contributed by atoms with Crippen LogP contribution in [-0.4, -0.2) is 43.6 Å². The molecule has 3 aromatic heterocycles. The molecule has 0 spiro atoms. The van der Waals surface area contributed by atoms with Crippen molar-refractivity contribution in [2.45, 2.75) is 25.9 Å². The average molecular weight is 344 g/mol. The quantitative estimate of drug-likeness (QED) is 0.788. The summed E-state index contributed by atoms with van der Waals surface area (Å²) < 4.78 is 29.2. The lowest BCUT2D eigenvalue weighted by molar-refractivity contribution is 0.315. The minimum Gasteiger partial charge on any atom is -0.365 e. The summed E-state index contributed by atoms with van der Waals surface area (Å²) in [5.74, 6) is -0.434. The fourth-order valence-corrected chi connectivity index (χ4v) is 3.19. The van der Waals surface area contributed by atoms with Gasteiger partial charge >= 0.3 is 0 Å². The van der Waals surface area contributed by atoms with Crippen molar-refractivity contribution in [3.05, 3.63) is 53.6 Å². The third-order valence-corrected chi connectivity index (χ3v) is 4.40. The maximum Gasteiger partial charge on any atom is 0.153 e. The Morgan fingerprint density at radius 1 is 1.24 bits per heavy atom. The number of likely N-dealkylation sites (tertiary alicyclic amines) is 1. The van der Waals surface area contributed by atoms with Crippen LogP contribution in [0, 0.1) is 18.6 Å². The Morgan fingerprint density at radius 2 is 2.04 bits per heavy atom. The van der Waals surface area contributed by atoms with Gasteiger partial charge in [-0.05, 0) is 25.5 Å². The van der Waals surface area contributed by atoms with Crippen molar-refractivity contribution in [1.82, 2.24) is 24.5 Å². The standard InChI is InChI=1S/C17H18F2N6/c1-11-8-25-17(21-11)3-2-16(23-25)22-12-4-5-24(9-12)10-13-14(18)6-20-7-15(13)19/h2-3,6-8,12H,4-5,9-10H2,1H3,(H,22,23). The third-order valence-electron chi connectivity index (χ3n) is 4.40. The molecule has 1 unspecified atom stereocenters. The van der Waals surface area contributed by atoms with E-state index in [1.807, 2.05) is 30.2 Å². The van der Waals surface area contributed by atoms with E-state index in [4.69, 9.17) is 0 Å². The molecule has 0 amide bonds. The summed E-state index contributed by atoms with van der Waals surface area (Å²) in [7, 11) is 0. The Kier molecular flexibility index (Phi) is 4.04. The highest BCUT2D eigenvalue weighted by molar-refractivity contribution is 5.45. The number of halogens is 2. The molecule has 0 aromatic carbocycles. The van der Waals surface area contributed by atoms with Gasteiger partial charge in [0.1, 0.15) is 17.5 Å². The molecule has 1 fully saturated rings. The molecule has 1 atom stereocenters. The van der Waals surface area contributed by atoms with Gasteiger partial charge in [0.15, 0.2) is 5.65 Å². The van der Waals surface area contributed by atoms with Crippen LogP contribution in [0.2, 0.25) is 0 Å². The fourth-order valence-electron chi connectivity index (χ4n) is 3.19. The normalized spacial score (nSPS) is 18.1. The highest BCUT2D eigenvalue weighted by Gasteiger charge is 2.24. The molecule has 1 aliphatic rings. The molecule has 25 heavy (non-hydrogen) atoms. The number of anilines is 1. The molecule has 1 aliphatic heterocycles. The highest BCUT2D eigenvalue weighted by Crippen LogP contribution is 2.19. The molecule has 0 radical (unpaired) electrons. The van der Waals surface area contributed by atoms with Crippen LogP contribution in [0.4, 0.5) is 14.6 Å². The van der Waals surface area contributed by atoms with E-state index in [1.165, 1.54) is 0 Å². The number of hydrogen-bond donors (Lipinski definition) is 1. The summed E-state index contributed by atoms with van der Waals surface area (Å²) >= 11 is 0. The second-order valence-electron chi connectivity index (χ2n) is 6.35. The van der Waals surface area contributed by atoms with Gasteiger partial charge in [0, 0.05) is 31.2 Å². The number of rotatable bonds is 4. The number of pyridine rings is 1. The van der Waals surface area contributed by atoms with E-state index in [2.05, 4.69) is 20.4 Å². The first-order chi connectivity index (χ1) is 12.1. The van der Waals surface area contributed by atoms with E-state index in [0.29, 0.717) is 6.54 Å². The Hall–Kier alpha value is -2.61. The summed E-state index contributed by atoms with van der Waals surface area (Å²) in [5.41, 5.74) is 1.79. The van der Waals surface area contributed by atoms with E-state index >= 15 is 0 Å². The smallest absolute Gasteiger partial charge is 0.153 e. The second-order valence-corrected chi connectivity index (χ2v) is 6.35. The van der Waals surface area contributed by atoms with Gasteiger partial charge in [0.2, 0.25) is 0 Å². The highest BCUT2D eigenvalue weighted by atomic mass is 19.1. The van der Waals surface area contributed by atoms with Gasteiger partial charge in [-0.25, -0.2) is 18.3 Å². The average Bonchev–Trinajstić information content (AvgIpc) is 3.16. The zero-order chi connectivity index (χ0) is 17.4. The van der Waals surface area contributed by atoms with Gasteiger partial charge in [-0.3, -0.25) is 9.88 Å². The SMILES string of the molecule is Cc1cn2nc(NC3CCN(Cc4c(F)cncc4F)C3)ccc2n1. The van der Waals surface area contributed by atoms with Crippen molar-refractivity contribution in [2.75, 3.05) is 18.4 Å². The lowest BCUT2D eigenvalue weighted by atomic mass is 10.2. The molecule has 3 aromatic rings. The monoisotopic (exact) mass is 344 g/mol. The first-order valence-corrected chi connectivity index (χ1v) is 8.18. The van der Waals surface area contributed by atoms with Crippen LogP contribution in [-0.2, 0) is 6.54 Å². The number of nitrogens with zero attached hydrogens (tertiary/aromatic N) is 5. The zero-order valence-corrected chi connectivity index (χ0v) is 13.8. The zero-order valence-electron chi connectivity index (χ0n) is 13.8. The van der Waals surface area contributed by atoms with Crippen LogP contribution in [0.5, 0.6) is 0 Å². The van der Waals surface area contributed by atoms with Crippen molar-refractivity contribution in [1.29, 1.82) is 0 Å². The van der Waals surface area contributed by atoms with Gasteiger partial charge < -0.3 is 5.32 Å². The molecule has 0 bridgehead atoms. The van der Waals surface area contributed by atoms with Crippen molar-refractivity contribution >= 4 is 11.5 Å². The number of aryl methyl sites for hydroxylation is 1. The number of aromatic nitrogens is 4. The van der Waals surface area contributed by atoms with Gasteiger partial charge in [-0.2, -0.15) is 0 Å². The summed E-state index contributed by atoms with van der Waals surface area (Å²) in [6, 6.07) is 3.99. The molecular formula is C17H18F2N6. The fraction of sp³-hybridized carbons (Fsp3) is 0.353. The lowest BCUT2D eigenvalue weighted by Crippen LogP contribution is -2.27. The molecule has 8 heteroatoms. The molecule has 130 valence electrons. The van der Waals surface area contributed by atoms with Gasteiger partial charge in [-0.1, -0.05) is 0 Å². The predicted molar refractivity (Wildman–Crippen MR) is 89.2 cm³/mol. The van der Waals surface area contributed by atoms with Crippen LogP contribution in [0.1, 0.15) is 17.7 Å². The van der Waals surface area contributed by atoms with Crippen molar-refractivity contribution in [2.24, 2.45) is 0 Å². The van der Waals surface area contributed by atoms with Crippen LogP contribution in [0.15, 0.2) is 30.7 Å². The van der Waals surface area contributed by atoms with E-state index in [9.17, 15) is 8.78 Å². The molecular weight excluding hydrogens is 326 g/mol. The van der Waals surface area contributed by atoms with Gasteiger partial charge in [0.05, 0.1) is 24.3 Å². The second kappa shape index (κ2) is 6.36. The van der Waals surface area contributed by atoms with Crippen LogP contribution >= 0.6 is 0 Å². The van der Waals surface area contributed by atoms with Crippen LogP contribution in [0.3, 0.4) is 0 Å². The van der Waals surface area contributed by atoms with Crippen LogP contribution in [0.25, 0.3) is 5.65 Å². The van der Waals surface area contributed by atoms with E-state index in [-0.39, 0.29) is 18.2 Å². The number of fused-ring (bicyclic) bond motifs is 1. The predicted octanol–water partition coefficient (Wildman–Crippen LogP) is 2.40. The largest absolute Gasteiger partial charge is 0.365 e. The number of hydrogen-bond acceptors (Lipinski definition) is 5. The first kappa shape index (κ1) is 15.9. The van der Waals surface area contributed by atoms with Gasteiger partial charge in [0.25, 0.3) is 0 Å². The molecule has 1 N–H and O–H groups in total. The molecule has 0 saturated carbocycles. The Morgan fingerprint density at radius 3 is 2.84 bits per heavy atom. The summed E-state index contributed by atoms with van der Waals surface area (Å²) in [5, 5.41) is 7.88. The Balaban J connectivity index is 1.41. The lowest BCUT2D eigenvalue weighted by Gasteiger charge is -2.17. The minimum absolute atomic E-state index is 0.0732. The van der Waals surface area contributed by atoms with E-state index in [1.54, 1.807) is 4.52 Å². The molecule has 1 saturated heterocycles. The number of imidazole rings is 1. The first-order valence-electron chi connectivity index (χ1n) is 8.18. The molecule has 0 aliphatic carbocycles. The third kappa shape index (κ3) is 3.30. The minimum atomic E-state index is -0.598. The Bertz CT molecular complexity index is 889. The maximum atomic E-state index is 13.7. The molecule has 4 rings (SSSR count).